The molecule has 0 saturated heterocycles. The minimum absolute atomic E-state index is 0.790. The van der Waals surface area contributed by atoms with Gasteiger partial charge in [0.05, 0.1) is 0 Å². The van der Waals surface area contributed by atoms with Crippen LogP contribution in [-0.2, 0) is 0 Å². The summed E-state index contributed by atoms with van der Waals surface area (Å²) in [6.07, 6.45) is 2.54. The molecule has 0 amide bonds. The van der Waals surface area contributed by atoms with Crippen LogP contribution in [0.5, 0.6) is 0 Å². The molecule has 1 saturated carbocycles. The van der Waals surface area contributed by atoms with Gasteiger partial charge in [-0.2, -0.15) is 0 Å². The van der Waals surface area contributed by atoms with Gasteiger partial charge in [0.2, 0.25) is 0 Å². The SMILES string of the molecule is C[C@@H]1C[C@H]1CP(Br)(c1ccccc1)(c1ccccc1)c1ccccc1. The molecule has 0 aliphatic heterocycles. The fraction of sp³-hybridized carbons (Fsp3) is 0.217. The number of hydrogen-bond donors (Lipinski definition) is 0. The van der Waals surface area contributed by atoms with Crippen molar-refractivity contribution in [1.82, 2.24) is 0 Å². The Morgan fingerprint density at radius 3 is 1.32 bits per heavy atom. The topological polar surface area (TPSA) is 0 Å². The van der Waals surface area contributed by atoms with Crippen LogP contribution in [0, 0.1) is 11.8 Å². The zero-order valence-electron chi connectivity index (χ0n) is 14.6. The summed E-state index contributed by atoms with van der Waals surface area (Å²) < 4.78 is 0. The van der Waals surface area contributed by atoms with Gasteiger partial charge in [-0.05, 0) is 0 Å². The van der Waals surface area contributed by atoms with E-state index in [-0.39, 0.29) is 0 Å². The van der Waals surface area contributed by atoms with Gasteiger partial charge in [0, 0.05) is 0 Å². The van der Waals surface area contributed by atoms with Gasteiger partial charge in [-0.25, -0.2) is 0 Å². The maximum absolute atomic E-state index is 4.52. The summed E-state index contributed by atoms with van der Waals surface area (Å²) in [5.41, 5.74) is 0. The van der Waals surface area contributed by atoms with Crippen molar-refractivity contribution in [2.75, 3.05) is 6.16 Å². The van der Waals surface area contributed by atoms with Gasteiger partial charge in [0.1, 0.15) is 0 Å². The van der Waals surface area contributed by atoms with Crippen LogP contribution in [0.3, 0.4) is 0 Å². The van der Waals surface area contributed by atoms with E-state index < -0.39 is 5.31 Å². The van der Waals surface area contributed by atoms with Gasteiger partial charge in [-0.1, -0.05) is 0 Å². The molecule has 0 N–H and O–H groups in total. The Morgan fingerprint density at radius 1 is 0.720 bits per heavy atom. The zero-order chi connectivity index (χ0) is 17.4. The molecule has 1 aliphatic carbocycles. The predicted molar refractivity (Wildman–Crippen MR) is 116 cm³/mol. The van der Waals surface area contributed by atoms with E-state index in [0.29, 0.717) is 0 Å². The number of benzene rings is 3. The first kappa shape index (κ1) is 17.0. The Morgan fingerprint density at radius 2 is 1.04 bits per heavy atom. The van der Waals surface area contributed by atoms with E-state index in [4.69, 9.17) is 0 Å². The van der Waals surface area contributed by atoms with Crippen molar-refractivity contribution >= 4 is 36.7 Å². The molecule has 0 unspecified atom stereocenters. The third-order valence-corrected chi connectivity index (χ3v) is 15.6. The van der Waals surface area contributed by atoms with Crippen LogP contribution in [-0.4, -0.2) is 6.16 Å². The fourth-order valence-electron chi connectivity index (χ4n) is 4.07. The molecular weight excluding hydrogens is 387 g/mol. The predicted octanol–water partition coefficient (Wildman–Crippen LogP) is 5.48. The van der Waals surface area contributed by atoms with E-state index in [1.54, 1.807) is 0 Å². The minimum atomic E-state index is -2.66. The fourth-order valence-corrected chi connectivity index (χ4v) is 12.6. The van der Waals surface area contributed by atoms with E-state index >= 15 is 0 Å². The number of hydrogen-bond acceptors (Lipinski definition) is 0. The molecule has 25 heavy (non-hydrogen) atoms. The Hall–Kier alpha value is -1.43. The first-order valence-electron chi connectivity index (χ1n) is 9.02. The quantitative estimate of drug-likeness (QED) is 0.488. The molecule has 0 spiro atoms. The maximum atomic E-state index is 4.52. The van der Waals surface area contributed by atoms with Crippen LogP contribution >= 0.6 is 20.8 Å². The van der Waals surface area contributed by atoms with Crippen LogP contribution in [0.1, 0.15) is 13.3 Å². The molecule has 3 aromatic rings. The van der Waals surface area contributed by atoms with Crippen molar-refractivity contribution in [2.24, 2.45) is 11.8 Å². The van der Waals surface area contributed by atoms with Gasteiger partial charge in [0.15, 0.2) is 0 Å². The first-order chi connectivity index (χ1) is 12.1. The Bertz CT molecular complexity index is 746. The molecule has 0 nitrogen and oxygen atoms in total. The summed E-state index contributed by atoms with van der Waals surface area (Å²) in [7, 11) is 0. The Labute approximate surface area is 159 Å². The molecule has 0 heterocycles. The summed E-state index contributed by atoms with van der Waals surface area (Å²) in [5.74, 6) is 1.62. The average Bonchev–Trinajstić information content (AvgIpc) is 3.38. The number of halogens is 1. The van der Waals surface area contributed by atoms with E-state index in [2.05, 4.69) is 113 Å². The molecular formula is C23H24BrP. The summed E-state index contributed by atoms with van der Waals surface area (Å²) in [6.45, 7) is 2.39. The molecule has 0 aromatic heterocycles. The van der Waals surface area contributed by atoms with Crippen molar-refractivity contribution < 1.29 is 0 Å². The molecule has 1 aliphatic rings. The Balaban J connectivity index is 2.05. The van der Waals surface area contributed by atoms with Crippen molar-refractivity contribution in [2.45, 2.75) is 13.3 Å². The summed E-state index contributed by atoms with van der Waals surface area (Å²) in [6, 6.07) is 33.4. The first-order valence-corrected chi connectivity index (χ1v) is 13.5. The van der Waals surface area contributed by atoms with Crippen molar-refractivity contribution in [1.29, 1.82) is 0 Å². The van der Waals surface area contributed by atoms with Gasteiger partial charge in [0.25, 0.3) is 0 Å². The molecule has 1 fully saturated rings. The van der Waals surface area contributed by atoms with Crippen LogP contribution in [0.15, 0.2) is 91.0 Å². The molecule has 2 heteroatoms. The van der Waals surface area contributed by atoms with Gasteiger partial charge in [-0.3, -0.25) is 0 Å². The third kappa shape index (κ3) is 2.78. The second-order valence-electron chi connectivity index (χ2n) is 7.35. The molecule has 2 atom stereocenters. The van der Waals surface area contributed by atoms with Crippen LogP contribution < -0.4 is 15.9 Å². The average molecular weight is 411 g/mol. The summed E-state index contributed by atoms with van der Waals surface area (Å²) in [4.78, 5) is 0. The second-order valence-corrected chi connectivity index (χ2v) is 16.3. The normalized spacial score (nSPS) is 21.3. The third-order valence-electron chi connectivity index (χ3n) is 5.74. The summed E-state index contributed by atoms with van der Waals surface area (Å²) >= 11 is 4.52. The molecule has 0 radical (unpaired) electrons. The van der Waals surface area contributed by atoms with Crippen molar-refractivity contribution in [3.8, 4) is 0 Å². The van der Waals surface area contributed by atoms with E-state index in [1.165, 1.54) is 28.5 Å². The van der Waals surface area contributed by atoms with Crippen molar-refractivity contribution in [3.05, 3.63) is 91.0 Å². The number of rotatable bonds is 5. The Kier molecular flexibility index (Phi) is 4.34. The second kappa shape index (κ2) is 6.38. The summed E-state index contributed by atoms with van der Waals surface area (Å²) in [5, 5.41) is 1.64. The van der Waals surface area contributed by atoms with Crippen molar-refractivity contribution in [3.63, 3.8) is 0 Å². The van der Waals surface area contributed by atoms with E-state index in [0.717, 1.165) is 11.8 Å². The van der Waals surface area contributed by atoms with Crippen LogP contribution in [0.2, 0.25) is 0 Å². The van der Waals surface area contributed by atoms with E-state index in [9.17, 15) is 0 Å². The molecule has 3 aromatic carbocycles. The van der Waals surface area contributed by atoms with Crippen LogP contribution in [0.4, 0.5) is 0 Å². The molecule has 4 rings (SSSR count). The monoisotopic (exact) mass is 410 g/mol. The molecule has 128 valence electrons. The van der Waals surface area contributed by atoms with Crippen LogP contribution in [0.25, 0.3) is 0 Å². The van der Waals surface area contributed by atoms with Gasteiger partial charge >= 0.3 is 159 Å². The standard InChI is InChI=1S/C23H24BrP/c1-19-17-20(19)18-25(24,21-11-5-2-6-12-21,22-13-7-3-8-14-22)23-15-9-4-10-16-23/h2-16,19-20H,17-18H2,1H3/t19-,20+/m1/s1. The molecule has 0 bridgehead atoms. The van der Waals surface area contributed by atoms with E-state index in [1.807, 2.05) is 0 Å². The zero-order valence-corrected chi connectivity index (χ0v) is 17.0. The van der Waals surface area contributed by atoms with Gasteiger partial charge in [-0.15, -0.1) is 0 Å². The van der Waals surface area contributed by atoms with Gasteiger partial charge < -0.3 is 0 Å².